The third-order valence-corrected chi connectivity index (χ3v) is 4.51. The van der Waals surface area contributed by atoms with Crippen LogP contribution >= 0.6 is 0 Å². The van der Waals surface area contributed by atoms with E-state index in [1.807, 2.05) is 30.3 Å². The minimum atomic E-state index is 0.584. The average Bonchev–Trinajstić information content (AvgIpc) is 2.72. The molecule has 0 saturated carbocycles. The van der Waals surface area contributed by atoms with Gasteiger partial charge in [-0.3, -0.25) is 0 Å². The van der Waals surface area contributed by atoms with E-state index < -0.39 is 0 Å². The molecular weight excluding hydrogens is 340 g/mol. The number of fused-ring (bicyclic) bond motifs is 1. The normalized spacial score (nSPS) is 11.1. The highest BCUT2D eigenvalue weighted by molar-refractivity contribution is 5.89. The van der Waals surface area contributed by atoms with Gasteiger partial charge in [0.15, 0.2) is 24.2 Å². The number of benzene rings is 2. The zero-order valence-electron chi connectivity index (χ0n) is 15.9. The number of aromatic nitrogens is 1. The van der Waals surface area contributed by atoms with Crippen LogP contribution in [0.15, 0.2) is 48.7 Å². The van der Waals surface area contributed by atoms with Crippen molar-refractivity contribution in [3.8, 4) is 17.2 Å². The molecule has 0 spiro atoms. The molecule has 0 unspecified atom stereocenters. The van der Waals surface area contributed by atoms with Gasteiger partial charge in [-0.25, -0.2) is 0 Å². The van der Waals surface area contributed by atoms with Crippen molar-refractivity contribution in [3.05, 3.63) is 59.8 Å². The first-order chi connectivity index (χ1) is 13.2. The fourth-order valence-electron chi connectivity index (χ4n) is 3.22. The van der Waals surface area contributed by atoms with E-state index in [1.165, 1.54) is 5.39 Å². The Hall–Kier alpha value is -3.05. The topological polar surface area (TPSA) is 57.6 Å². The molecule has 3 rings (SSSR count). The minimum Gasteiger partial charge on any atom is -0.493 e. The summed E-state index contributed by atoms with van der Waals surface area (Å²) in [6, 6.07) is 14.2. The molecular formula is C22H25N2O3+. The van der Waals surface area contributed by atoms with Gasteiger partial charge in [-0.15, -0.1) is 0 Å². The number of hydrogen-bond donors (Lipinski definition) is 1. The van der Waals surface area contributed by atoms with E-state index in [-0.39, 0.29) is 0 Å². The predicted molar refractivity (Wildman–Crippen MR) is 108 cm³/mol. The van der Waals surface area contributed by atoms with Crippen molar-refractivity contribution in [1.29, 1.82) is 0 Å². The second kappa shape index (κ2) is 8.56. The maximum atomic E-state index is 5.74. The summed E-state index contributed by atoms with van der Waals surface area (Å²) >= 11 is 0. The van der Waals surface area contributed by atoms with Gasteiger partial charge in [-0.05, 0) is 23.8 Å². The third kappa shape index (κ3) is 3.73. The van der Waals surface area contributed by atoms with Crippen LogP contribution in [0.4, 0.5) is 0 Å². The maximum Gasteiger partial charge on any atom is 0.213 e. The fourth-order valence-corrected chi connectivity index (χ4v) is 3.22. The van der Waals surface area contributed by atoms with E-state index in [0.717, 1.165) is 23.2 Å². The van der Waals surface area contributed by atoms with Crippen molar-refractivity contribution < 1.29 is 18.8 Å². The lowest BCUT2D eigenvalue weighted by Gasteiger charge is -2.14. The van der Waals surface area contributed by atoms with E-state index in [0.29, 0.717) is 23.8 Å². The molecule has 1 heterocycles. The lowest BCUT2D eigenvalue weighted by atomic mass is 10.1. The molecule has 140 valence electrons. The predicted octanol–water partition coefficient (Wildman–Crippen LogP) is 3.28. The zero-order chi connectivity index (χ0) is 19.2. The summed E-state index contributed by atoms with van der Waals surface area (Å²) in [5, 5.41) is 1.17. The Morgan fingerprint density at radius 3 is 2.30 bits per heavy atom. The Bertz CT molecular complexity index is 967. The smallest absolute Gasteiger partial charge is 0.213 e. The van der Waals surface area contributed by atoms with Gasteiger partial charge in [0, 0.05) is 17.7 Å². The van der Waals surface area contributed by atoms with Gasteiger partial charge in [0.2, 0.25) is 11.3 Å². The maximum absolute atomic E-state index is 5.74. The Morgan fingerprint density at radius 1 is 0.852 bits per heavy atom. The fraction of sp³-hybridized carbons (Fsp3) is 0.227. The van der Waals surface area contributed by atoms with Gasteiger partial charge in [0.25, 0.3) is 0 Å². The van der Waals surface area contributed by atoms with Crippen molar-refractivity contribution >= 4 is 23.1 Å². The molecule has 0 amide bonds. The van der Waals surface area contributed by atoms with Crippen molar-refractivity contribution in [1.82, 2.24) is 0 Å². The molecule has 5 nitrogen and oxygen atoms in total. The standard InChI is InChI=1S/C22H25N2O3/c1-25-20-11-10-17(21(26-2)22(20)27-3)9-8-16-12-14-24(15-13-23)19-7-5-4-6-18(16)19/h4-12,14H,13,15,23H2,1-3H3/q+1/b9-8+. The SMILES string of the molecule is COc1ccc(/C=C/c2cc[n+](CCN)c3ccccc23)c(OC)c1OC. The average molecular weight is 365 g/mol. The first-order valence-corrected chi connectivity index (χ1v) is 8.81. The van der Waals surface area contributed by atoms with Crippen LogP contribution in [0.5, 0.6) is 17.2 Å². The van der Waals surface area contributed by atoms with Crippen LogP contribution in [0, 0.1) is 0 Å². The highest BCUT2D eigenvalue weighted by atomic mass is 16.5. The molecule has 3 aromatic rings. The molecule has 0 aliphatic carbocycles. The van der Waals surface area contributed by atoms with Crippen molar-refractivity contribution in [2.75, 3.05) is 27.9 Å². The van der Waals surface area contributed by atoms with Crippen molar-refractivity contribution in [2.24, 2.45) is 5.73 Å². The number of methoxy groups -OCH3 is 3. The van der Waals surface area contributed by atoms with Crippen molar-refractivity contribution in [3.63, 3.8) is 0 Å². The third-order valence-electron chi connectivity index (χ3n) is 4.51. The van der Waals surface area contributed by atoms with E-state index in [9.17, 15) is 0 Å². The number of pyridine rings is 1. The van der Waals surface area contributed by atoms with Crippen LogP contribution in [-0.2, 0) is 6.54 Å². The van der Waals surface area contributed by atoms with Crippen LogP contribution in [0.25, 0.3) is 23.1 Å². The second-order valence-electron chi connectivity index (χ2n) is 6.03. The van der Waals surface area contributed by atoms with Crippen LogP contribution in [0.3, 0.4) is 0 Å². The van der Waals surface area contributed by atoms with Gasteiger partial charge in [-0.2, -0.15) is 4.57 Å². The van der Waals surface area contributed by atoms with E-state index in [4.69, 9.17) is 19.9 Å². The highest BCUT2D eigenvalue weighted by Gasteiger charge is 2.15. The highest BCUT2D eigenvalue weighted by Crippen LogP contribution is 2.40. The second-order valence-corrected chi connectivity index (χ2v) is 6.03. The summed E-state index contributed by atoms with van der Waals surface area (Å²) in [5.41, 5.74) is 8.93. The molecule has 2 aromatic carbocycles. The largest absolute Gasteiger partial charge is 0.493 e. The number of rotatable bonds is 7. The number of nitrogens with two attached hydrogens (primary N) is 1. The molecule has 27 heavy (non-hydrogen) atoms. The lowest BCUT2D eigenvalue weighted by molar-refractivity contribution is -0.668. The Kier molecular flexibility index (Phi) is 5.94. The molecule has 0 bridgehead atoms. The van der Waals surface area contributed by atoms with Gasteiger partial charge < -0.3 is 19.9 Å². The quantitative estimate of drug-likeness (QED) is 0.653. The molecule has 5 heteroatoms. The molecule has 2 N–H and O–H groups in total. The van der Waals surface area contributed by atoms with Gasteiger partial charge in [0.1, 0.15) is 0 Å². The lowest BCUT2D eigenvalue weighted by Crippen LogP contribution is -2.37. The first kappa shape index (κ1) is 18.7. The molecule has 0 aliphatic rings. The molecule has 0 atom stereocenters. The Morgan fingerprint density at radius 2 is 1.59 bits per heavy atom. The summed E-state index contributed by atoms with van der Waals surface area (Å²) in [4.78, 5) is 0. The molecule has 0 saturated heterocycles. The number of nitrogens with zero attached hydrogens (tertiary/aromatic N) is 1. The number of hydrogen-bond acceptors (Lipinski definition) is 4. The summed E-state index contributed by atoms with van der Waals surface area (Å²) in [6.45, 7) is 1.39. The van der Waals surface area contributed by atoms with Crippen molar-refractivity contribution in [2.45, 2.75) is 6.54 Å². The number of para-hydroxylation sites is 1. The van der Waals surface area contributed by atoms with E-state index >= 15 is 0 Å². The molecule has 0 aliphatic heterocycles. The summed E-state index contributed by atoms with van der Waals surface area (Å²) in [6.07, 6.45) is 6.18. The molecule has 1 aromatic heterocycles. The Labute approximate surface area is 159 Å². The molecule has 0 fully saturated rings. The van der Waals surface area contributed by atoms with Gasteiger partial charge >= 0.3 is 0 Å². The number of ether oxygens (including phenoxy) is 3. The summed E-state index contributed by atoms with van der Waals surface area (Å²) in [5.74, 6) is 1.87. The Balaban J connectivity index is 2.06. The van der Waals surface area contributed by atoms with Crippen LogP contribution in [0.1, 0.15) is 11.1 Å². The summed E-state index contributed by atoms with van der Waals surface area (Å²) < 4.78 is 18.5. The van der Waals surface area contributed by atoms with Crippen LogP contribution in [0.2, 0.25) is 0 Å². The first-order valence-electron chi connectivity index (χ1n) is 8.81. The summed E-state index contributed by atoms with van der Waals surface area (Å²) in [7, 11) is 4.84. The van der Waals surface area contributed by atoms with Crippen LogP contribution in [-0.4, -0.2) is 27.9 Å². The van der Waals surface area contributed by atoms with E-state index in [2.05, 4.69) is 35.0 Å². The molecule has 0 radical (unpaired) electrons. The van der Waals surface area contributed by atoms with Crippen LogP contribution < -0.4 is 24.5 Å². The monoisotopic (exact) mass is 365 g/mol. The minimum absolute atomic E-state index is 0.584. The van der Waals surface area contributed by atoms with Gasteiger partial charge in [0.05, 0.1) is 33.3 Å². The zero-order valence-corrected chi connectivity index (χ0v) is 15.9. The van der Waals surface area contributed by atoms with Gasteiger partial charge in [-0.1, -0.05) is 24.3 Å². The van der Waals surface area contributed by atoms with E-state index in [1.54, 1.807) is 21.3 Å².